The molecule has 0 aliphatic rings. The Balaban J connectivity index is 5.41. The highest BCUT2D eigenvalue weighted by molar-refractivity contribution is 7.47. The summed E-state index contributed by atoms with van der Waals surface area (Å²) < 4.78 is 68.6. The first-order valence-corrected chi connectivity index (χ1v) is 44.5. The molecule has 0 rings (SSSR count). The number of unbranched alkanes of at least 4 members (excludes halogenated alkanes) is 36. The lowest BCUT2D eigenvalue weighted by atomic mass is 10.0. The largest absolute Gasteiger partial charge is 0.472 e. The van der Waals surface area contributed by atoms with Gasteiger partial charge in [-0.3, -0.25) is 37.3 Å². The Hall–Kier alpha value is -4.02. The van der Waals surface area contributed by atoms with Crippen LogP contribution in [-0.4, -0.2) is 96.7 Å². The van der Waals surface area contributed by atoms with Crippen molar-refractivity contribution in [1.29, 1.82) is 0 Å². The van der Waals surface area contributed by atoms with Crippen LogP contribution in [0.25, 0.3) is 0 Å². The van der Waals surface area contributed by atoms with E-state index in [2.05, 4.69) is 113 Å². The second-order valence-corrected chi connectivity index (χ2v) is 30.6. The van der Waals surface area contributed by atoms with Crippen LogP contribution in [0.15, 0.2) is 97.2 Å². The van der Waals surface area contributed by atoms with Gasteiger partial charge in [0.2, 0.25) is 0 Å². The van der Waals surface area contributed by atoms with Crippen LogP contribution < -0.4 is 0 Å². The van der Waals surface area contributed by atoms with E-state index in [0.717, 1.165) is 141 Å². The third-order valence-corrected chi connectivity index (χ3v) is 19.4. The summed E-state index contributed by atoms with van der Waals surface area (Å²) in [5, 5.41) is 10.7. The molecule has 0 aromatic carbocycles. The lowest BCUT2D eigenvalue weighted by Crippen LogP contribution is -2.30. The lowest BCUT2D eigenvalue weighted by molar-refractivity contribution is -0.161. The summed E-state index contributed by atoms with van der Waals surface area (Å²) in [5.74, 6) is -2.25. The van der Waals surface area contributed by atoms with Gasteiger partial charge in [0.25, 0.3) is 0 Å². The topological polar surface area (TPSA) is 237 Å². The average molecular weight is 1510 g/mol. The third kappa shape index (κ3) is 76.2. The van der Waals surface area contributed by atoms with E-state index in [4.69, 9.17) is 37.0 Å². The number of hydrogen-bond acceptors (Lipinski definition) is 15. The standard InChI is InChI=1S/C85H150O17P2/c1-5-9-13-17-21-25-29-33-37-39-43-46-50-54-58-62-66-70-83(88)96-76-80(101-84(89)71-67-63-59-55-51-47-42-36-32-28-24-20-16-12-8-4)77-99-103(91,92)97-73-79(86)74-98-104(93,94)100-78-81(75-95-82(87)69-65-61-57-53-49-45-41-35-31-27-23-19-15-11-7-3)102-85(90)72-68-64-60-56-52-48-44-40-38-34-30-26-22-18-14-10-6-2/h21,23-25,27-28,33,35-37,41-43,46,54,58,79-81,86H,5-20,22,26,29-32,34,38-40,44-45,47-53,55-57,59-78H2,1-4H3,(H,91,92)(H,93,94)/b25-21-,27-23-,28-24-,37-33-,41-35-,42-36-,46-43-,58-54-/t79-,80+,81+/m0/s1. The van der Waals surface area contributed by atoms with Crippen molar-refractivity contribution in [3.05, 3.63) is 97.2 Å². The molecule has 602 valence electrons. The number of aliphatic hydroxyl groups excluding tert-OH is 1. The first-order chi connectivity index (χ1) is 50.7. The number of rotatable bonds is 78. The highest BCUT2D eigenvalue weighted by Crippen LogP contribution is 2.45. The number of hydrogen-bond donors (Lipinski definition) is 3. The van der Waals surface area contributed by atoms with E-state index < -0.39 is 97.5 Å². The van der Waals surface area contributed by atoms with Gasteiger partial charge in [-0.15, -0.1) is 0 Å². The zero-order chi connectivity index (χ0) is 76.0. The molecular formula is C85H150O17P2. The molecule has 0 aromatic rings. The zero-order valence-corrected chi connectivity index (χ0v) is 67.7. The van der Waals surface area contributed by atoms with Crippen LogP contribution in [0.4, 0.5) is 0 Å². The second-order valence-electron chi connectivity index (χ2n) is 27.7. The molecule has 0 amide bonds. The fourth-order valence-corrected chi connectivity index (χ4v) is 12.7. The Bertz CT molecular complexity index is 2350. The van der Waals surface area contributed by atoms with E-state index in [9.17, 15) is 43.2 Å². The fraction of sp³-hybridized carbons (Fsp3) is 0.765. The van der Waals surface area contributed by atoms with Crippen molar-refractivity contribution in [2.45, 2.75) is 380 Å². The monoisotopic (exact) mass is 1510 g/mol. The van der Waals surface area contributed by atoms with E-state index in [1.807, 2.05) is 12.2 Å². The van der Waals surface area contributed by atoms with Crippen molar-refractivity contribution in [2.24, 2.45) is 0 Å². The Morgan fingerprint density at radius 2 is 0.481 bits per heavy atom. The average Bonchev–Trinajstić information content (AvgIpc) is 0.909. The molecule has 0 saturated carbocycles. The van der Waals surface area contributed by atoms with Gasteiger partial charge < -0.3 is 33.8 Å². The highest BCUT2D eigenvalue weighted by Gasteiger charge is 2.30. The van der Waals surface area contributed by atoms with Crippen LogP contribution >= 0.6 is 15.6 Å². The molecular weight excluding hydrogens is 1350 g/mol. The van der Waals surface area contributed by atoms with Crippen molar-refractivity contribution in [1.82, 2.24) is 0 Å². The minimum Gasteiger partial charge on any atom is -0.462 e. The maximum absolute atomic E-state index is 13.1. The Kier molecular flexibility index (Phi) is 74.2. The van der Waals surface area contributed by atoms with Crippen LogP contribution in [-0.2, 0) is 65.4 Å². The summed E-state index contributed by atoms with van der Waals surface area (Å²) >= 11 is 0. The number of aliphatic hydroxyl groups is 1. The van der Waals surface area contributed by atoms with E-state index in [1.54, 1.807) is 0 Å². The zero-order valence-electron chi connectivity index (χ0n) is 65.9. The first-order valence-electron chi connectivity index (χ1n) is 41.5. The van der Waals surface area contributed by atoms with Gasteiger partial charge in [0.1, 0.15) is 19.3 Å². The van der Waals surface area contributed by atoms with Crippen molar-refractivity contribution in [3.63, 3.8) is 0 Å². The number of ether oxygens (including phenoxy) is 4. The number of phosphoric ester groups is 2. The van der Waals surface area contributed by atoms with Gasteiger partial charge in [0, 0.05) is 25.7 Å². The number of allylic oxidation sites excluding steroid dienone is 16. The summed E-state index contributed by atoms with van der Waals surface area (Å²) in [6.07, 6.45) is 82.4. The van der Waals surface area contributed by atoms with Crippen LogP contribution in [0.1, 0.15) is 362 Å². The predicted molar refractivity (Wildman–Crippen MR) is 427 cm³/mol. The van der Waals surface area contributed by atoms with E-state index >= 15 is 0 Å². The van der Waals surface area contributed by atoms with Gasteiger partial charge in [0.05, 0.1) is 26.4 Å². The SMILES string of the molecule is CCCCC/C=C\C/C=C\C/C=C\C/C=C\CCCC(=O)OC[C@H](COP(=O)(O)OC[C@H](O)COP(=O)(O)OC[C@@H](COC(=O)CCCCCCC/C=C\C/C=C\CCCCC)OC(=O)CCCCCCCCCCCCCCCCCCC)OC(=O)CCCCCCC/C=C\C/C=C\CCCCC. The van der Waals surface area contributed by atoms with Crippen LogP contribution in [0.3, 0.4) is 0 Å². The smallest absolute Gasteiger partial charge is 0.462 e. The molecule has 17 nitrogen and oxygen atoms in total. The van der Waals surface area contributed by atoms with Crippen molar-refractivity contribution in [3.8, 4) is 0 Å². The lowest BCUT2D eigenvalue weighted by Gasteiger charge is -2.21. The molecule has 0 fully saturated rings. The van der Waals surface area contributed by atoms with E-state index in [0.29, 0.717) is 32.1 Å². The maximum atomic E-state index is 13.1. The van der Waals surface area contributed by atoms with Gasteiger partial charge in [-0.1, -0.05) is 305 Å². The maximum Gasteiger partial charge on any atom is 0.472 e. The summed E-state index contributed by atoms with van der Waals surface area (Å²) in [4.78, 5) is 73.1. The van der Waals surface area contributed by atoms with Crippen molar-refractivity contribution >= 4 is 39.5 Å². The molecule has 0 aliphatic carbocycles. The fourth-order valence-electron chi connectivity index (χ4n) is 11.2. The molecule has 104 heavy (non-hydrogen) atoms. The quantitative estimate of drug-likeness (QED) is 0.0169. The number of carbonyl (C=O) groups is 4. The Morgan fingerprint density at radius 3 is 0.779 bits per heavy atom. The van der Waals surface area contributed by atoms with Gasteiger partial charge in [-0.2, -0.15) is 0 Å². The molecule has 0 radical (unpaired) electrons. The molecule has 0 aliphatic heterocycles. The number of carbonyl (C=O) groups excluding carboxylic acids is 4. The minimum atomic E-state index is -4.99. The van der Waals surface area contributed by atoms with Crippen molar-refractivity contribution < 1.29 is 80.2 Å². The van der Waals surface area contributed by atoms with Crippen LogP contribution in [0.2, 0.25) is 0 Å². The first kappa shape index (κ1) is 100.0. The third-order valence-electron chi connectivity index (χ3n) is 17.5. The summed E-state index contributed by atoms with van der Waals surface area (Å²) in [7, 11) is -9.98. The molecule has 3 N–H and O–H groups in total. The van der Waals surface area contributed by atoms with Gasteiger partial charge in [-0.25, -0.2) is 9.13 Å². The minimum absolute atomic E-state index is 0.0675. The van der Waals surface area contributed by atoms with Crippen molar-refractivity contribution in [2.75, 3.05) is 39.6 Å². The van der Waals surface area contributed by atoms with Crippen LogP contribution in [0.5, 0.6) is 0 Å². The van der Waals surface area contributed by atoms with Gasteiger partial charge in [-0.05, 0) is 128 Å². The van der Waals surface area contributed by atoms with E-state index in [-0.39, 0.29) is 25.7 Å². The van der Waals surface area contributed by atoms with E-state index in [1.165, 1.54) is 135 Å². The van der Waals surface area contributed by atoms with Gasteiger partial charge in [0.15, 0.2) is 12.2 Å². The molecule has 0 aromatic heterocycles. The highest BCUT2D eigenvalue weighted by atomic mass is 31.2. The second kappa shape index (κ2) is 77.1. The molecule has 0 spiro atoms. The molecule has 19 heteroatoms. The Labute approximate surface area is 633 Å². The summed E-state index contributed by atoms with van der Waals surface area (Å²) in [6.45, 7) is 4.76. The predicted octanol–water partition coefficient (Wildman–Crippen LogP) is 24.3. The Morgan fingerprint density at radius 1 is 0.269 bits per heavy atom. The molecule has 0 heterocycles. The van der Waals surface area contributed by atoms with Gasteiger partial charge >= 0.3 is 39.5 Å². The molecule has 5 atom stereocenters. The number of phosphoric acid groups is 2. The molecule has 0 bridgehead atoms. The summed E-state index contributed by atoms with van der Waals surface area (Å²) in [5.41, 5.74) is 0. The molecule has 0 saturated heterocycles. The number of esters is 4. The summed E-state index contributed by atoms with van der Waals surface area (Å²) in [6, 6.07) is 0. The molecule has 2 unspecified atom stereocenters. The van der Waals surface area contributed by atoms with Crippen LogP contribution in [0, 0.1) is 0 Å². The normalized spacial score (nSPS) is 14.3.